The van der Waals surface area contributed by atoms with E-state index in [0.717, 1.165) is 6.08 Å². The maximum Gasteiger partial charge on any atom is 0.328 e. The van der Waals surface area contributed by atoms with Crippen molar-refractivity contribution < 1.29 is 14.6 Å². The lowest BCUT2D eigenvalue weighted by Crippen LogP contribution is -1.88. The van der Waals surface area contributed by atoms with Crippen molar-refractivity contribution in [2.24, 2.45) is 0 Å². The van der Waals surface area contributed by atoms with Gasteiger partial charge in [0.1, 0.15) is 11.5 Å². The zero-order chi connectivity index (χ0) is 15.4. The van der Waals surface area contributed by atoms with E-state index in [-0.39, 0.29) is 0 Å². The molecule has 0 aliphatic rings. The Morgan fingerprint density at radius 3 is 2.48 bits per heavy atom. The molecule has 108 valence electrons. The summed E-state index contributed by atoms with van der Waals surface area (Å²) in [6.45, 7) is 0. The van der Waals surface area contributed by atoms with Crippen molar-refractivity contribution in [3.63, 3.8) is 0 Å². The van der Waals surface area contributed by atoms with E-state index < -0.39 is 5.97 Å². The second-order valence-corrected chi connectivity index (χ2v) is 5.74. The Morgan fingerprint density at radius 1 is 1.14 bits per heavy atom. The van der Waals surface area contributed by atoms with Crippen LogP contribution >= 0.6 is 39.1 Å². The lowest BCUT2D eigenvalue weighted by atomic mass is 10.2. The number of ether oxygens (including phenoxy) is 1. The van der Waals surface area contributed by atoms with E-state index in [4.69, 9.17) is 33.0 Å². The molecular weight excluding hydrogens is 379 g/mol. The Bertz CT molecular complexity index is 714. The first-order valence-corrected chi connectivity index (χ1v) is 7.34. The molecule has 2 aromatic rings. The quantitative estimate of drug-likeness (QED) is 0.690. The minimum Gasteiger partial charge on any atom is -0.478 e. The third kappa shape index (κ3) is 4.49. The molecule has 0 radical (unpaired) electrons. The summed E-state index contributed by atoms with van der Waals surface area (Å²) in [5.41, 5.74) is 0.671. The minimum absolute atomic E-state index is 0.379. The maximum atomic E-state index is 10.5. The molecule has 0 heterocycles. The number of halogens is 3. The first-order chi connectivity index (χ1) is 9.95. The number of rotatable bonds is 4. The highest BCUT2D eigenvalue weighted by molar-refractivity contribution is 9.10. The van der Waals surface area contributed by atoms with Gasteiger partial charge < -0.3 is 9.84 Å². The Hall–Kier alpha value is -1.49. The molecule has 0 fully saturated rings. The predicted molar refractivity (Wildman–Crippen MR) is 87.3 cm³/mol. The molecule has 0 spiro atoms. The summed E-state index contributed by atoms with van der Waals surface area (Å²) >= 11 is 15.4. The van der Waals surface area contributed by atoms with Crippen LogP contribution in [-0.4, -0.2) is 11.1 Å². The Kier molecular flexibility index (Phi) is 5.28. The van der Waals surface area contributed by atoms with Gasteiger partial charge in [0, 0.05) is 11.1 Å². The van der Waals surface area contributed by atoms with Crippen LogP contribution in [0.2, 0.25) is 10.0 Å². The van der Waals surface area contributed by atoms with Crippen molar-refractivity contribution >= 4 is 51.2 Å². The van der Waals surface area contributed by atoms with Crippen molar-refractivity contribution in [3.8, 4) is 11.5 Å². The van der Waals surface area contributed by atoms with Crippen LogP contribution in [0.4, 0.5) is 0 Å². The van der Waals surface area contributed by atoms with Crippen molar-refractivity contribution in [2.75, 3.05) is 0 Å². The highest BCUT2D eigenvalue weighted by Gasteiger charge is 2.07. The Balaban J connectivity index is 2.23. The molecule has 0 aliphatic heterocycles. The van der Waals surface area contributed by atoms with Gasteiger partial charge in [0.15, 0.2) is 0 Å². The molecule has 0 aliphatic carbocycles. The fraction of sp³-hybridized carbons (Fsp3) is 0. The Labute approximate surface area is 139 Å². The summed E-state index contributed by atoms with van der Waals surface area (Å²) in [4.78, 5) is 10.5. The molecule has 0 bridgehead atoms. The van der Waals surface area contributed by atoms with Crippen molar-refractivity contribution in [2.45, 2.75) is 0 Å². The van der Waals surface area contributed by atoms with Crippen LogP contribution < -0.4 is 4.74 Å². The fourth-order valence-electron chi connectivity index (χ4n) is 1.55. The number of benzene rings is 2. The topological polar surface area (TPSA) is 46.5 Å². The van der Waals surface area contributed by atoms with Crippen LogP contribution in [0.3, 0.4) is 0 Å². The van der Waals surface area contributed by atoms with Gasteiger partial charge in [-0.15, -0.1) is 0 Å². The van der Waals surface area contributed by atoms with Crippen LogP contribution in [0, 0.1) is 0 Å². The third-order valence-electron chi connectivity index (χ3n) is 2.49. The van der Waals surface area contributed by atoms with E-state index in [2.05, 4.69) is 15.9 Å². The molecule has 2 aromatic carbocycles. The summed E-state index contributed by atoms with van der Waals surface area (Å²) in [5.74, 6) is 0.0267. The van der Waals surface area contributed by atoms with Crippen molar-refractivity contribution in [3.05, 3.63) is 62.6 Å². The Morgan fingerprint density at radius 2 is 1.86 bits per heavy atom. The SMILES string of the molecule is O=C(O)/C=C/c1ccc(Oc2ccc(Cl)cc2Br)c(Cl)c1. The summed E-state index contributed by atoms with van der Waals surface area (Å²) in [6.07, 6.45) is 2.50. The molecule has 1 N–H and O–H groups in total. The number of hydrogen-bond donors (Lipinski definition) is 1. The number of carboxylic acid groups (broad SMARTS) is 1. The van der Waals surface area contributed by atoms with Crippen LogP contribution in [-0.2, 0) is 4.79 Å². The van der Waals surface area contributed by atoms with E-state index >= 15 is 0 Å². The summed E-state index contributed by atoms with van der Waals surface area (Å²) in [7, 11) is 0. The van der Waals surface area contributed by atoms with Gasteiger partial charge in [-0.3, -0.25) is 0 Å². The largest absolute Gasteiger partial charge is 0.478 e. The molecule has 0 aromatic heterocycles. The van der Waals surface area contributed by atoms with E-state index in [1.807, 2.05) is 0 Å². The molecule has 0 unspecified atom stereocenters. The molecule has 0 atom stereocenters. The lowest BCUT2D eigenvalue weighted by Gasteiger charge is -2.10. The molecule has 0 saturated carbocycles. The number of hydrogen-bond acceptors (Lipinski definition) is 2. The van der Waals surface area contributed by atoms with Gasteiger partial charge in [0.05, 0.1) is 9.50 Å². The van der Waals surface area contributed by atoms with Gasteiger partial charge in [-0.25, -0.2) is 4.79 Å². The summed E-state index contributed by atoms with van der Waals surface area (Å²) in [5, 5.41) is 9.56. The standard InChI is InChI=1S/C15H9BrCl2O3/c16-11-8-10(17)3-5-13(11)21-14-4-1-9(7-12(14)18)2-6-15(19)20/h1-8H,(H,19,20)/b6-2+. The van der Waals surface area contributed by atoms with Crippen LogP contribution in [0.1, 0.15) is 5.56 Å². The second kappa shape index (κ2) is 6.98. The number of carboxylic acids is 1. The zero-order valence-electron chi connectivity index (χ0n) is 10.5. The molecule has 0 saturated heterocycles. The van der Waals surface area contributed by atoms with Crippen molar-refractivity contribution in [1.82, 2.24) is 0 Å². The van der Waals surface area contributed by atoms with Gasteiger partial charge in [-0.2, -0.15) is 0 Å². The van der Waals surface area contributed by atoms with Gasteiger partial charge in [-0.05, 0) is 57.9 Å². The third-order valence-corrected chi connectivity index (χ3v) is 3.64. The average molecular weight is 388 g/mol. The first-order valence-electron chi connectivity index (χ1n) is 5.79. The van der Waals surface area contributed by atoms with Gasteiger partial charge in [0.25, 0.3) is 0 Å². The molecule has 0 amide bonds. The number of aliphatic carboxylic acids is 1. The molecule has 3 nitrogen and oxygen atoms in total. The van der Waals surface area contributed by atoms with E-state index in [1.165, 1.54) is 6.08 Å². The maximum absolute atomic E-state index is 10.5. The molecule has 6 heteroatoms. The van der Waals surface area contributed by atoms with Crippen LogP contribution in [0.25, 0.3) is 6.08 Å². The smallest absolute Gasteiger partial charge is 0.328 e. The molecule has 21 heavy (non-hydrogen) atoms. The number of carbonyl (C=O) groups is 1. The van der Waals surface area contributed by atoms with Gasteiger partial charge in [0.2, 0.25) is 0 Å². The predicted octanol–water partition coefficient (Wildman–Crippen LogP) is 5.65. The fourth-order valence-corrected chi connectivity index (χ4v) is 2.54. The lowest BCUT2D eigenvalue weighted by molar-refractivity contribution is -0.131. The van der Waals surface area contributed by atoms with E-state index in [0.29, 0.717) is 31.6 Å². The monoisotopic (exact) mass is 386 g/mol. The van der Waals surface area contributed by atoms with Crippen molar-refractivity contribution in [1.29, 1.82) is 0 Å². The molecule has 2 rings (SSSR count). The first kappa shape index (κ1) is 15.9. The average Bonchev–Trinajstić information content (AvgIpc) is 2.42. The minimum atomic E-state index is -1.02. The van der Waals surface area contributed by atoms with Gasteiger partial charge >= 0.3 is 5.97 Å². The zero-order valence-corrected chi connectivity index (χ0v) is 13.6. The summed E-state index contributed by atoms with van der Waals surface area (Å²) in [6, 6.07) is 10.2. The molecular formula is C15H9BrCl2O3. The summed E-state index contributed by atoms with van der Waals surface area (Å²) < 4.78 is 6.41. The van der Waals surface area contributed by atoms with E-state index in [1.54, 1.807) is 36.4 Å². The highest BCUT2D eigenvalue weighted by Crippen LogP contribution is 2.35. The van der Waals surface area contributed by atoms with Crippen LogP contribution in [0.5, 0.6) is 11.5 Å². The normalized spacial score (nSPS) is 10.8. The van der Waals surface area contributed by atoms with E-state index in [9.17, 15) is 4.79 Å². The van der Waals surface area contributed by atoms with Crippen LogP contribution in [0.15, 0.2) is 46.9 Å². The second-order valence-electron chi connectivity index (χ2n) is 4.04. The van der Waals surface area contributed by atoms with Gasteiger partial charge in [-0.1, -0.05) is 29.3 Å². The highest BCUT2D eigenvalue weighted by atomic mass is 79.9.